The van der Waals surface area contributed by atoms with Crippen LogP contribution in [0.15, 0.2) is 4.99 Å². The minimum Gasteiger partial charge on any atom is -0.388 e. The van der Waals surface area contributed by atoms with Crippen molar-refractivity contribution >= 4 is 29.9 Å². The van der Waals surface area contributed by atoms with Crippen LogP contribution in [0.3, 0.4) is 0 Å². The first-order chi connectivity index (χ1) is 11.6. The Labute approximate surface area is 170 Å². The van der Waals surface area contributed by atoms with Crippen molar-refractivity contribution in [2.45, 2.75) is 83.3 Å². The summed E-state index contributed by atoms with van der Waals surface area (Å²) in [7, 11) is 0. The number of rotatable bonds is 7. The van der Waals surface area contributed by atoms with Crippen LogP contribution in [0.25, 0.3) is 0 Å². The Balaban J connectivity index is 0.00000312. The molecule has 2 aliphatic rings. The summed E-state index contributed by atoms with van der Waals surface area (Å²) in [5, 5.41) is 17.4. The van der Waals surface area contributed by atoms with E-state index in [1.165, 1.54) is 44.9 Å². The van der Waals surface area contributed by atoms with Gasteiger partial charge in [0, 0.05) is 38.6 Å². The molecule has 6 heteroatoms. The van der Waals surface area contributed by atoms with Crippen LogP contribution in [0.4, 0.5) is 0 Å². The smallest absolute Gasteiger partial charge is 0.191 e. The van der Waals surface area contributed by atoms with Crippen LogP contribution >= 0.6 is 24.0 Å². The van der Waals surface area contributed by atoms with Crippen molar-refractivity contribution in [2.75, 3.05) is 26.3 Å². The quantitative estimate of drug-likeness (QED) is 0.305. The largest absolute Gasteiger partial charge is 0.388 e. The van der Waals surface area contributed by atoms with Crippen LogP contribution in [-0.4, -0.2) is 49.0 Å². The van der Waals surface area contributed by atoms with E-state index < -0.39 is 5.60 Å². The van der Waals surface area contributed by atoms with E-state index in [0.717, 1.165) is 18.4 Å². The summed E-state index contributed by atoms with van der Waals surface area (Å²) in [6.45, 7) is 6.86. The van der Waals surface area contributed by atoms with Gasteiger partial charge in [-0.25, -0.2) is 0 Å². The predicted molar refractivity (Wildman–Crippen MR) is 115 cm³/mol. The zero-order valence-electron chi connectivity index (χ0n) is 16.1. The molecule has 148 valence electrons. The van der Waals surface area contributed by atoms with Gasteiger partial charge in [0.05, 0.1) is 12.1 Å². The van der Waals surface area contributed by atoms with E-state index in [4.69, 9.17) is 4.74 Å². The van der Waals surface area contributed by atoms with Crippen LogP contribution in [-0.2, 0) is 4.74 Å². The summed E-state index contributed by atoms with van der Waals surface area (Å²) in [5.74, 6) is 1.75. The number of hydrogen-bond donors (Lipinski definition) is 3. The van der Waals surface area contributed by atoms with Crippen LogP contribution in [0.5, 0.6) is 0 Å². The van der Waals surface area contributed by atoms with Gasteiger partial charge in [0.2, 0.25) is 0 Å². The first kappa shape index (κ1) is 23.0. The first-order valence-corrected chi connectivity index (χ1v) is 9.96. The van der Waals surface area contributed by atoms with Gasteiger partial charge in [-0.05, 0) is 32.6 Å². The molecule has 2 rings (SSSR count). The Morgan fingerprint density at radius 1 is 1.24 bits per heavy atom. The van der Waals surface area contributed by atoms with E-state index in [2.05, 4.69) is 29.5 Å². The highest BCUT2D eigenvalue weighted by molar-refractivity contribution is 14.0. The van der Waals surface area contributed by atoms with Gasteiger partial charge in [-0.15, -0.1) is 24.0 Å². The van der Waals surface area contributed by atoms with Gasteiger partial charge in [0.15, 0.2) is 5.96 Å². The Hall–Kier alpha value is -0.0800. The molecule has 2 fully saturated rings. The lowest BCUT2D eigenvalue weighted by Gasteiger charge is -2.31. The molecule has 1 saturated carbocycles. The van der Waals surface area contributed by atoms with Crippen LogP contribution < -0.4 is 10.6 Å². The summed E-state index contributed by atoms with van der Waals surface area (Å²) in [6, 6.07) is 0.411. The molecule has 0 aromatic rings. The number of ether oxygens (including phenoxy) is 1. The number of aliphatic hydroxyl groups is 1. The molecular weight excluding hydrogens is 429 g/mol. The molecule has 0 aromatic heterocycles. The molecule has 1 heterocycles. The fourth-order valence-corrected chi connectivity index (χ4v) is 3.72. The molecule has 1 saturated heterocycles. The highest BCUT2D eigenvalue weighted by atomic mass is 127. The molecule has 25 heavy (non-hydrogen) atoms. The zero-order valence-corrected chi connectivity index (χ0v) is 18.4. The van der Waals surface area contributed by atoms with Gasteiger partial charge < -0.3 is 20.5 Å². The molecule has 5 nitrogen and oxygen atoms in total. The summed E-state index contributed by atoms with van der Waals surface area (Å²) >= 11 is 0. The van der Waals surface area contributed by atoms with Gasteiger partial charge in [-0.1, -0.05) is 32.1 Å². The maximum absolute atomic E-state index is 10.6. The van der Waals surface area contributed by atoms with Crippen molar-refractivity contribution in [1.29, 1.82) is 0 Å². The van der Waals surface area contributed by atoms with Crippen LogP contribution in [0.2, 0.25) is 0 Å². The first-order valence-electron chi connectivity index (χ1n) is 9.96. The van der Waals surface area contributed by atoms with Crippen molar-refractivity contribution < 1.29 is 9.84 Å². The number of halogens is 1. The average molecular weight is 467 g/mol. The third-order valence-corrected chi connectivity index (χ3v) is 5.42. The Morgan fingerprint density at radius 2 is 1.92 bits per heavy atom. The minimum absolute atomic E-state index is 0. The molecule has 0 aromatic carbocycles. The van der Waals surface area contributed by atoms with Crippen molar-refractivity contribution in [3.05, 3.63) is 0 Å². The summed E-state index contributed by atoms with van der Waals surface area (Å²) in [4.78, 5) is 4.63. The Morgan fingerprint density at radius 3 is 2.56 bits per heavy atom. The van der Waals surface area contributed by atoms with Gasteiger partial charge >= 0.3 is 0 Å². The molecule has 0 bridgehead atoms. The van der Waals surface area contributed by atoms with Gasteiger partial charge in [0.1, 0.15) is 0 Å². The highest BCUT2D eigenvalue weighted by Gasteiger charge is 2.29. The predicted octanol–water partition coefficient (Wildman–Crippen LogP) is 3.45. The van der Waals surface area contributed by atoms with E-state index in [9.17, 15) is 5.11 Å². The molecular formula is C19H38IN3O2. The molecule has 1 unspecified atom stereocenters. The molecule has 1 atom stereocenters. The zero-order chi connectivity index (χ0) is 17.3. The van der Waals surface area contributed by atoms with E-state index >= 15 is 0 Å². The van der Waals surface area contributed by atoms with Crippen molar-refractivity contribution in [2.24, 2.45) is 10.9 Å². The van der Waals surface area contributed by atoms with E-state index in [-0.39, 0.29) is 24.0 Å². The highest BCUT2D eigenvalue weighted by Crippen LogP contribution is 2.27. The van der Waals surface area contributed by atoms with Crippen molar-refractivity contribution in [3.63, 3.8) is 0 Å². The molecule has 3 N–H and O–H groups in total. The fraction of sp³-hybridized carbons (Fsp3) is 0.947. The lowest BCUT2D eigenvalue weighted by atomic mass is 9.85. The second-order valence-corrected chi connectivity index (χ2v) is 7.66. The lowest BCUT2D eigenvalue weighted by molar-refractivity contribution is -0.0566. The van der Waals surface area contributed by atoms with E-state index in [0.29, 0.717) is 38.6 Å². The van der Waals surface area contributed by atoms with Crippen molar-refractivity contribution in [1.82, 2.24) is 10.6 Å². The molecule has 0 amide bonds. The van der Waals surface area contributed by atoms with Gasteiger partial charge in [-0.2, -0.15) is 0 Å². The minimum atomic E-state index is -0.702. The maximum Gasteiger partial charge on any atom is 0.191 e. The number of nitrogens with zero attached hydrogens (tertiary/aromatic N) is 1. The third-order valence-electron chi connectivity index (χ3n) is 5.42. The molecule has 0 spiro atoms. The van der Waals surface area contributed by atoms with Crippen LogP contribution in [0.1, 0.15) is 71.6 Å². The number of hydrogen-bond acceptors (Lipinski definition) is 3. The van der Waals surface area contributed by atoms with Gasteiger partial charge in [-0.3, -0.25) is 4.99 Å². The third kappa shape index (κ3) is 8.91. The molecule has 1 aliphatic carbocycles. The standard InChI is InChI=1S/C19H37N3O2.HI/c1-3-20-18(21-15-19(23)11-13-24-14-12-19)22-16(2)9-10-17-7-5-4-6-8-17;/h16-17,23H,3-15H2,1-2H3,(H2,20,21,22);1H. The van der Waals surface area contributed by atoms with Crippen LogP contribution in [0, 0.1) is 5.92 Å². The summed E-state index contributed by atoms with van der Waals surface area (Å²) in [5.41, 5.74) is -0.702. The molecule has 0 radical (unpaired) electrons. The lowest BCUT2D eigenvalue weighted by Crippen LogP contribution is -2.45. The second-order valence-electron chi connectivity index (χ2n) is 7.66. The SMILES string of the molecule is CCNC(=NCC1(O)CCOCC1)NC(C)CCC1CCCCC1.I. The monoisotopic (exact) mass is 467 g/mol. The van der Waals surface area contributed by atoms with E-state index in [1.54, 1.807) is 0 Å². The second kappa shape index (κ2) is 12.3. The average Bonchev–Trinajstić information content (AvgIpc) is 2.60. The van der Waals surface area contributed by atoms with Gasteiger partial charge in [0.25, 0.3) is 0 Å². The molecule has 1 aliphatic heterocycles. The van der Waals surface area contributed by atoms with Crippen molar-refractivity contribution in [3.8, 4) is 0 Å². The van der Waals surface area contributed by atoms with E-state index in [1.807, 2.05) is 0 Å². The maximum atomic E-state index is 10.6. The normalized spacial score (nSPS) is 22.8. The fourth-order valence-electron chi connectivity index (χ4n) is 3.72. The Bertz CT molecular complexity index is 381. The number of aliphatic imine (C=N–C) groups is 1. The summed E-state index contributed by atoms with van der Waals surface area (Å²) < 4.78 is 5.33. The number of guanidine groups is 1. The number of nitrogens with one attached hydrogen (secondary N) is 2. The summed E-state index contributed by atoms with van der Waals surface area (Å²) in [6.07, 6.45) is 10.9. The Kier molecular flexibility index (Phi) is 11.3. The topological polar surface area (TPSA) is 65.9 Å².